The second kappa shape index (κ2) is 6.36. The third-order valence-electron chi connectivity index (χ3n) is 2.27. The van der Waals surface area contributed by atoms with E-state index in [1.165, 1.54) is 33.5 Å². The number of ether oxygens (including phenoxy) is 2. The summed E-state index contributed by atoms with van der Waals surface area (Å²) in [6.07, 6.45) is -2.61. The van der Waals surface area contributed by atoms with Crippen molar-refractivity contribution >= 4 is 0 Å². The monoisotopic (exact) mass is 247 g/mol. The Labute approximate surface area is 98.4 Å². The van der Waals surface area contributed by atoms with E-state index in [0.717, 1.165) is 0 Å². The van der Waals surface area contributed by atoms with Gasteiger partial charge in [-0.1, -0.05) is 0 Å². The Morgan fingerprint density at radius 2 is 1.76 bits per heavy atom. The van der Waals surface area contributed by atoms with Gasteiger partial charge in [-0.05, 0) is 12.1 Å². The largest absolute Gasteiger partial charge is 0.496 e. The maximum Gasteiger partial charge on any atom is 0.267 e. The SMILES string of the molecule is CONCc1cc(OC)c(C(F)F)cc1OC. The highest BCUT2D eigenvalue weighted by atomic mass is 19.3. The Bertz CT molecular complexity index is 372. The summed E-state index contributed by atoms with van der Waals surface area (Å²) < 4.78 is 35.4. The molecule has 6 heteroatoms. The van der Waals surface area contributed by atoms with Crippen molar-refractivity contribution in [2.24, 2.45) is 0 Å². The van der Waals surface area contributed by atoms with Gasteiger partial charge in [0, 0.05) is 12.1 Å². The van der Waals surface area contributed by atoms with Crippen LogP contribution in [0.1, 0.15) is 17.6 Å². The first-order chi connectivity index (χ1) is 8.13. The third-order valence-corrected chi connectivity index (χ3v) is 2.27. The molecule has 0 unspecified atom stereocenters. The fourth-order valence-corrected chi connectivity index (χ4v) is 1.44. The van der Waals surface area contributed by atoms with Crippen molar-refractivity contribution in [2.75, 3.05) is 21.3 Å². The van der Waals surface area contributed by atoms with Crippen LogP contribution in [0.3, 0.4) is 0 Å². The molecular formula is C11H15F2NO3. The Morgan fingerprint density at radius 3 is 2.24 bits per heavy atom. The van der Waals surface area contributed by atoms with Crippen LogP contribution in [0.5, 0.6) is 11.5 Å². The van der Waals surface area contributed by atoms with Gasteiger partial charge < -0.3 is 14.3 Å². The molecule has 1 aromatic rings. The number of hydrogen-bond acceptors (Lipinski definition) is 4. The van der Waals surface area contributed by atoms with Gasteiger partial charge in [0.25, 0.3) is 6.43 Å². The quantitative estimate of drug-likeness (QED) is 0.783. The van der Waals surface area contributed by atoms with Crippen molar-refractivity contribution < 1.29 is 23.1 Å². The molecule has 0 saturated heterocycles. The van der Waals surface area contributed by atoms with E-state index in [1.54, 1.807) is 0 Å². The van der Waals surface area contributed by atoms with Crippen LogP contribution in [0.25, 0.3) is 0 Å². The molecule has 0 amide bonds. The summed E-state index contributed by atoms with van der Waals surface area (Å²) in [4.78, 5) is 4.70. The minimum absolute atomic E-state index is 0.133. The first-order valence-corrected chi connectivity index (χ1v) is 4.92. The number of rotatable bonds is 6. The Morgan fingerprint density at radius 1 is 1.12 bits per heavy atom. The molecule has 0 aromatic heterocycles. The van der Waals surface area contributed by atoms with Crippen LogP contribution in [0.2, 0.25) is 0 Å². The van der Waals surface area contributed by atoms with Crippen LogP contribution in [0, 0.1) is 0 Å². The fraction of sp³-hybridized carbons (Fsp3) is 0.455. The molecule has 96 valence electrons. The highest BCUT2D eigenvalue weighted by molar-refractivity contribution is 5.47. The topological polar surface area (TPSA) is 39.7 Å². The highest BCUT2D eigenvalue weighted by Crippen LogP contribution is 2.34. The maximum absolute atomic E-state index is 12.7. The normalized spacial score (nSPS) is 10.7. The summed E-state index contributed by atoms with van der Waals surface area (Å²) in [6.45, 7) is 0.333. The molecule has 1 rings (SSSR count). The predicted molar refractivity (Wildman–Crippen MR) is 58.4 cm³/mol. The van der Waals surface area contributed by atoms with Crippen molar-refractivity contribution in [3.05, 3.63) is 23.3 Å². The van der Waals surface area contributed by atoms with Gasteiger partial charge in [0.15, 0.2) is 0 Å². The number of alkyl halides is 2. The van der Waals surface area contributed by atoms with Gasteiger partial charge in [0.2, 0.25) is 0 Å². The minimum Gasteiger partial charge on any atom is -0.496 e. The second-order valence-electron chi connectivity index (χ2n) is 3.23. The van der Waals surface area contributed by atoms with Crippen LogP contribution in [0.4, 0.5) is 8.78 Å². The summed E-state index contributed by atoms with van der Waals surface area (Å²) in [5.41, 5.74) is 3.10. The lowest BCUT2D eigenvalue weighted by Gasteiger charge is -2.14. The van der Waals surface area contributed by atoms with Gasteiger partial charge >= 0.3 is 0 Å². The number of halogens is 2. The van der Waals surface area contributed by atoms with Gasteiger partial charge in [-0.2, -0.15) is 5.48 Å². The number of methoxy groups -OCH3 is 2. The average molecular weight is 247 g/mol. The summed E-state index contributed by atoms with van der Waals surface area (Å²) >= 11 is 0. The van der Waals surface area contributed by atoms with Gasteiger partial charge in [-0.25, -0.2) is 8.78 Å². The van der Waals surface area contributed by atoms with Gasteiger partial charge in [-0.3, -0.25) is 0 Å². The van der Waals surface area contributed by atoms with Crippen molar-refractivity contribution in [3.63, 3.8) is 0 Å². The van der Waals surface area contributed by atoms with Crippen LogP contribution >= 0.6 is 0 Å². The summed E-state index contributed by atoms with van der Waals surface area (Å²) in [5.74, 6) is 0.499. The lowest BCUT2D eigenvalue weighted by atomic mass is 10.1. The summed E-state index contributed by atoms with van der Waals surface area (Å²) in [5, 5.41) is 0. The van der Waals surface area contributed by atoms with E-state index in [4.69, 9.17) is 14.3 Å². The van der Waals surface area contributed by atoms with Crippen molar-refractivity contribution in [3.8, 4) is 11.5 Å². The van der Waals surface area contributed by atoms with E-state index >= 15 is 0 Å². The second-order valence-corrected chi connectivity index (χ2v) is 3.23. The molecule has 1 aromatic carbocycles. The molecular weight excluding hydrogens is 232 g/mol. The fourth-order valence-electron chi connectivity index (χ4n) is 1.44. The zero-order chi connectivity index (χ0) is 12.8. The first kappa shape index (κ1) is 13.7. The van der Waals surface area contributed by atoms with Crippen molar-refractivity contribution in [1.82, 2.24) is 5.48 Å². The van der Waals surface area contributed by atoms with Crippen LogP contribution in [0.15, 0.2) is 12.1 Å². The zero-order valence-electron chi connectivity index (χ0n) is 9.92. The molecule has 0 aliphatic rings. The molecule has 0 aliphatic heterocycles. The minimum atomic E-state index is -2.61. The molecule has 4 nitrogen and oxygen atoms in total. The van der Waals surface area contributed by atoms with Gasteiger partial charge in [0.1, 0.15) is 11.5 Å². The molecule has 0 bridgehead atoms. The lowest BCUT2D eigenvalue weighted by Crippen LogP contribution is -2.12. The van der Waals surface area contributed by atoms with Crippen LogP contribution < -0.4 is 15.0 Å². The molecule has 0 saturated carbocycles. The molecule has 1 N–H and O–H groups in total. The number of nitrogens with one attached hydrogen (secondary N) is 1. The predicted octanol–water partition coefficient (Wildman–Crippen LogP) is 2.29. The van der Waals surface area contributed by atoms with E-state index in [1.807, 2.05) is 0 Å². The van der Waals surface area contributed by atoms with Crippen LogP contribution in [-0.2, 0) is 11.4 Å². The first-order valence-electron chi connectivity index (χ1n) is 4.92. The Kier molecular flexibility index (Phi) is 5.11. The lowest BCUT2D eigenvalue weighted by molar-refractivity contribution is 0.0860. The Balaban J connectivity index is 3.13. The molecule has 17 heavy (non-hydrogen) atoms. The van der Waals surface area contributed by atoms with Gasteiger partial charge in [0.05, 0.1) is 26.9 Å². The molecule has 0 aliphatic carbocycles. The maximum atomic E-state index is 12.7. The summed E-state index contributed by atoms with van der Waals surface area (Å²) in [6, 6.07) is 2.78. The number of hydrogen-bond donors (Lipinski definition) is 1. The zero-order valence-corrected chi connectivity index (χ0v) is 9.92. The van der Waals surface area contributed by atoms with E-state index in [9.17, 15) is 8.78 Å². The standard InChI is InChI=1S/C11H15F2NO3/c1-15-9-5-8(11(12)13)10(16-2)4-7(9)6-14-17-3/h4-5,11,14H,6H2,1-3H3. The van der Waals surface area contributed by atoms with E-state index in [-0.39, 0.29) is 11.3 Å². The smallest absolute Gasteiger partial charge is 0.267 e. The number of hydroxylamine groups is 1. The van der Waals surface area contributed by atoms with Crippen molar-refractivity contribution in [1.29, 1.82) is 0 Å². The van der Waals surface area contributed by atoms with E-state index < -0.39 is 6.43 Å². The molecule has 0 atom stereocenters. The van der Waals surface area contributed by atoms with Crippen LogP contribution in [-0.4, -0.2) is 21.3 Å². The van der Waals surface area contributed by atoms with E-state index in [2.05, 4.69) is 5.48 Å². The van der Waals surface area contributed by atoms with Crippen molar-refractivity contribution in [2.45, 2.75) is 13.0 Å². The average Bonchev–Trinajstić information content (AvgIpc) is 2.34. The summed E-state index contributed by atoms with van der Waals surface area (Å²) in [7, 11) is 4.24. The molecule has 0 radical (unpaired) electrons. The molecule has 0 fully saturated rings. The third kappa shape index (κ3) is 3.28. The Hall–Kier alpha value is -1.40. The van der Waals surface area contributed by atoms with E-state index in [0.29, 0.717) is 17.9 Å². The molecule has 0 heterocycles. The van der Waals surface area contributed by atoms with Gasteiger partial charge in [-0.15, -0.1) is 0 Å². The molecule has 0 spiro atoms. The highest BCUT2D eigenvalue weighted by Gasteiger charge is 2.17. The number of benzene rings is 1.